The molecule has 1 unspecified atom stereocenters. The molecule has 0 bridgehead atoms. The van der Waals surface area contributed by atoms with Crippen LogP contribution >= 0.6 is 11.3 Å². The summed E-state index contributed by atoms with van der Waals surface area (Å²) in [5.41, 5.74) is 0.903. The van der Waals surface area contributed by atoms with E-state index in [1.807, 2.05) is 24.4 Å². The fourth-order valence-corrected chi connectivity index (χ4v) is 2.77. The molecule has 0 fully saturated rings. The number of amides is 1. The first-order valence-electron chi connectivity index (χ1n) is 6.22. The van der Waals surface area contributed by atoms with Crippen molar-refractivity contribution in [3.05, 3.63) is 57.5 Å². The predicted octanol–water partition coefficient (Wildman–Crippen LogP) is 4.08. The van der Waals surface area contributed by atoms with Gasteiger partial charge in [0.1, 0.15) is 5.82 Å². The van der Waals surface area contributed by atoms with E-state index in [-0.39, 0.29) is 17.5 Å². The summed E-state index contributed by atoms with van der Waals surface area (Å²) in [6.45, 7) is 3.79. The third-order valence-corrected chi connectivity index (χ3v) is 3.96. The topological polar surface area (TPSA) is 29.1 Å². The van der Waals surface area contributed by atoms with Crippen LogP contribution < -0.4 is 5.32 Å². The molecule has 0 aliphatic rings. The van der Waals surface area contributed by atoms with Crippen molar-refractivity contribution in [3.8, 4) is 0 Å². The summed E-state index contributed by atoms with van der Waals surface area (Å²) in [6.07, 6.45) is 0.778. The minimum Gasteiger partial charge on any atom is -0.344 e. The van der Waals surface area contributed by atoms with Gasteiger partial charge in [-0.2, -0.15) is 0 Å². The number of aryl methyl sites for hydroxylation is 1. The van der Waals surface area contributed by atoms with Crippen molar-refractivity contribution in [3.63, 3.8) is 0 Å². The molecule has 1 aromatic heterocycles. The molecular formula is C15H16FNOS. The smallest absolute Gasteiger partial charge is 0.254 e. The van der Waals surface area contributed by atoms with Crippen LogP contribution in [0.25, 0.3) is 0 Å². The van der Waals surface area contributed by atoms with Crippen molar-refractivity contribution in [1.29, 1.82) is 0 Å². The summed E-state index contributed by atoms with van der Waals surface area (Å²) >= 11 is 1.59. The van der Waals surface area contributed by atoms with Crippen molar-refractivity contribution in [2.45, 2.75) is 26.3 Å². The van der Waals surface area contributed by atoms with Crippen molar-refractivity contribution in [2.75, 3.05) is 0 Å². The molecule has 0 aliphatic carbocycles. The van der Waals surface area contributed by atoms with Gasteiger partial charge < -0.3 is 5.32 Å². The van der Waals surface area contributed by atoms with E-state index in [9.17, 15) is 9.18 Å². The summed E-state index contributed by atoms with van der Waals surface area (Å²) in [5, 5.41) is 4.85. The number of thiophene rings is 1. The number of nitrogens with one attached hydrogen (secondary N) is 1. The lowest BCUT2D eigenvalue weighted by atomic mass is 10.1. The van der Waals surface area contributed by atoms with Gasteiger partial charge in [-0.1, -0.05) is 19.1 Å². The van der Waals surface area contributed by atoms with E-state index in [2.05, 4.69) is 5.32 Å². The molecule has 1 amide bonds. The zero-order chi connectivity index (χ0) is 13.8. The SMILES string of the molecule is CCC(NC(=O)c1ccc(C)cc1F)c1cccs1. The first-order chi connectivity index (χ1) is 9.11. The fourth-order valence-electron chi connectivity index (χ4n) is 1.90. The second kappa shape index (κ2) is 5.97. The van der Waals surface area contributed by atoms with Gasteiger partial charge in [0.25, 0.3) is 5.91 Å². The number of carbonyl (C=O) groups is 1. The molecule has 0 saturated heterocycles. The maximum absolute atomic E-state index is 13.7. The highest BCUT2D eigenvalue weighted by molar-refractivity contribution is 7.10. The fraction of sp³-hybridized carbons (Fsp3) is 0.267. The lowest BCUT2D eigenvalue weighted by molar-refractivity contribution is 0.0932. The van der Waals surface area contributed by atoms with E-state index in [1.54, 1.807) is 24.3 Å². The Morgan fingerprint density at radius 3 is 2.79 bits per heavy atom. The largest absolute Gasteiger partial charge is 0.344 e. The van der Waals surface area contributed by atoms with Gasteiger partial charge in [0.15, 0.2) is 0 Å². The Hall–Kier alpha value is -1.68. The van der Waals surface area contributed by atoms with E-state index in [0.29, 0.717) is 0 Å². The first kappa shape index (κ1) is 13.7. The van der Waals surface area contributed by atoms with Crippen LogP contribution in [0.3, 0.4) is 0 Å². The minimum atomic E-state index is -0.474. The number of hydrogen-bond donors (Lipinski definition) is 1. The van der Waals surface area contributed by atoms with Crippen LogP contribution in [0.1, 0.15) is 40.2 Å². The molecular weight excluding hydrogens is 261 g/mol. The van der Waals surface area contributed by atoms with E-state index < -0.39 is 5.82 Å². The van der Waals surface area contributed by atoms with Gasteiger partial charge in [-0.3, -0.25) is 4.79 Å². The van der Waals surface area contributed by atoms with Gasteiger partial charge in [0.05, 0.1) is 11.6 Å². The molecule has 0 spiro atoms. The van der Waals surface area contributed by atoms with Crippen molar-refractivity contribution >= 4 is 17.2 Å². The lowest BCUT2D eigenvalue weighted by Gasteiger charge is -2.15. The van der Waals surface area contributed by atoms with Gasteiger partial charge in [-0.15, -0.1) is 11.3 Å². The Labute approximate surface area is 116 Å². The Bertz CT molecular complexity index is 566. The molecule has 1 aromatic carbocycles. The molecule has 2 nitrogen and oxygen atoms in total. The average molecular weight is 277 g/mol. The molecule has 100 valence electrons. The van der Waals surface area contributed by atoms with Crippen LogP contribution in [0, 0.1) is 12.7 Å². The van der Waals surface area contributed by atoms with Crippen molar-refractivity contribution in [2.24, 2.45) is 0 Å². The standard InChI is InChI=1S/C15H16FNOS/c1-3-13(14-5-4-8-19-14)17-15(18)11-7-6-10(2)9-12(11)16/h4-9,13H,3H2,1-2H3,(H,17,18). The number of hydrogen-bond acceptors (Lipinski definition) is 2. The summed E-state index contributed by atoms with van der Waals surface area (Å²) in [7, 11) is 0. The van der Waals surface area contributed by atoms with Crippen LogP contribution in [0.4, 0.5) is 4.39 Å². The van der Waals surface area contributed by atoms with Crippen LogP contribution in [-0.2, 0) is 0 Å². The average Bonchev–Trinajstić information content (AvgIpc) is 2.89. The van der Waals surface area contributed by atoms with E-state index in [0.717, 1.165) is 16.9 Å². The van der Waals surface area contributed by atoms with Gasteiger partial charge in [0, 0.05) is 4.88 Å². The van der Waals surface area contributed by atoms with Gasteiger partial charge in [-0.05, 0) is 42.5 Å². The Morgan fingerprint density at radius 2 is 2.21 bits per heavy atom. The first-order valence-corrected chi connectivity index (χ1v) is 7.10. The molecule has 0 saturated carbocycles. The Morgan fingerprint density at radius 1 is 1.42 bits per heavy atom. The lowest BCUT2D eigenvalue weighted by Crippen LogP contribution is -2.28. The minimum absolute atomic E-state index is 0.0618. The normalized spacial score (nSPS) is 12.2. The third-order valence-electron chi connectivity index (χ3n) is 2.97. The number of benzene rings is 1. The van der Waals surface area contributed by atoms with Crippen LogP contribution in [-0.4, -0.2) is 5.91 Å². The van der Waals surface area contributed by atoms with Gasteiger partial charge in [-0.25, -0.2) is 4.39 Å². The predicted molar refractivity (Wildman–Crippen MR) is 76.0 cm³/mol. The van der Waals surface area contributed by atoms with E-state index >= 15 is 0 Å². The summed E-state index contributed by atoms with van der Waals surface area (Å²) in [5.74, 6) is -0.837. The molecule has 0 radical (unpaired) electrons. The summed E-state index contributed by atoms with van der Waals surface area (Å²) in [4.78, 5) is 13.2. The Kier molecular flexibility index (Phi) is 4.32. The Balaban J connectivity index is 2.16. The van der Waals surface area contributed by atoms with Crippen LogP contribution in [0.5, 0.6) is 0 Å². The maximum Gasteiger partial charge on any atom is 0.254 e. The second-order valence-corrected chi connectivity index (χ2v) is 5.41. The maximum atomic E-state index is 13.7. The van der Waals surface area contributed by atoms with Gasteiger partial charge in [0.2, 0.25) is 0 Å². The number of halogens is 1. The van der Waals surface area contributed by atoms with Crippen LogP contribution in [0.15, 0.2) is 35.7 Å². The summed E-state index contributed by atoms with van der Waals surface area (Å²) < 4.78 is 13.7. The molecule has 0 aliphatic heterocycles. The molecule has 1 N–H and O–H groups in total. The number of rotatable bonds is 4. The third kappa shape index (κ3) is 3.20. The second-order valence-electron chi connectivity index (χ2n) is 4.43. The monoisotopic (exact) mass is 277 g/mol. The van der Waals surface area contributed by atoms with E-state index in [1.165, 1.54) is 12.1 Å². The quantitative estimate of drug-likeness (QED) is 0.896. The van der Waals surface area contributed by atoms with Crippen molar-refractivity contribution in [1.82, 2.24) is 5.32 Å². The molecule has 4 heteroatoms. The van der Waals surface area contributed by atoms with E-state index in [4.69, 9.17) is 0 Å². The molecule has 2 rings (SSSR count). The molecule has 19 heavy (non-hydrogen) atoms. The zero-order valence-corrected chi connectivity index (χ0v) is 11.8. The zero-order valence-electron chi connectivity index (χ0n) is 10.9. The van der Waals surface area contributed by atoms with Gasteiger partial charge >= 0.3 is 0 Å². The molecule has 1 atom stereocenters. The molecule has 2 aromatic rings. The number of carbonyl (C=O) groups excluding carboxylic acids is 1. The van der Waals surface area contributed by atoms with Crippen molar-refractivity contribution < 1.29 is 9.18 Å². The highest BCUT2D eigenvalue weighted by atomic mass is 32.1. The highest BCUT2D eigenvalue weighted by Gasteiger charge is 2.17. The summed E-state index contributed by atoms with van der Waals surface area (Å²) in [6, 6.07) is 8.51. The highest BCUT2D eigenvalue weighted by Crippen LogP contribution is 2.22. The van der Waals surface area contributed by atoms with Crippen LogP contribution in [0.2, 0.25) is 0 Å². The molecule has 1 heterocycles.